The molecule has 3 saturated heterocycles. The standard InChI is InChI=1S/C47H59N5O7/c1-31-26-33(27-32(2)44(31)54)28-42(59-47(57)51-23-17-39(18-24-51)52-25-16-37-6-3-4-9-41(37)48-46(52)56)45(55)50-21-14-36(15-22-50)35-12-19-49(20-13-35)30-43(53)58-40-11-10-34-7-5-8-38(34)29-40/h3-4,6,9-11,26-27,29,35-36,39,42,54H,5,7-8,12-25,28,30H2,1-2H3,(H,48,56)/t42-/m1/s1. The Kier molecular flexibility index (Phi) is 12.4. The Morgan fingerprint density at radius 2 is 1.42 bits per heavy atom. The number of carbonyl (C=O) groups excluding carboxylic acids is 4. The van der Waals surface area contributed by atoms with Gasteiger partial charge in [-0.25, -0.2) is 9.59 Å². The van der Waals surface area contributed by atoms with E-state index in [0.29, 0.717) is 80.8 Å². The van der Waals surface area contributed by atoms with Crippen LogP contribution in [0.4, 0.5) is 15.3 Å². The van der Waals surface area contributed by atoms with Crippen molar-refractivity contribution in [3.63, 3.8) is 0 Å². The number of hydrogen-bond donors (Lipinski definition) is 2. The Bertz CT molecular complexity index is 2010. The molecular weight excluding hydrogens is 747 g/mol. The number of para-hydroxylation sites is 1. The molecule has 5 aliphatic rings. The Morgan fingerprint density at radius 3 is 2.15 bits per heavy atom. The van der Waals surface area contributed by atoms with Gasteiger partial charge in [0.15, 0.2) is 6.10 Å². The van der Waals surface area contributed by atoms with Gasteiger partial charge >= 0.3 is 18.1 Å². The molecule has 0 aromatic heterocycles. The number of aryl methyl sites for hydroxylation is 4. The van der Waals surface area contributed by atoms with Crippen molar-refractivity contribution in [1.82, 2.24) is 19.6 Å². The fourth-order valence-corrected chi connectivity index (χ4v) is 10.2. The molecule has 1 atom stereocenters. The molecule has 0 saturated carbocycles. The highest BCUT2D eigenvalue weighted by molar-refractivity contribution is 5.91. The number of phenols is 1. The maximum Gasteiger partial charge on any atom is 0.410 e. The van der Waals surface area contributed by atoms with E-state index in [9.17, 15) is 24.3 Å². The number of piperidine rings is 3. The normalized spacial score (nSPS) is 20.0. The second kappa shape index (κ2) is 18.0. The maximum atomic E-state index is 14.3. The van der Waals surface area contributed by atoms with Gasteiger partial charge in [0.05, 0.1) is 6.54 Å². The summed E-state index contributed by atoms with van der Waals surface area (Å²) in [6, 6.07) is 17.5. The second-order valence-electron chi connectivity index (χ2n) is 17.4. The van der Waals surface area contributed by atoms with Crippen LogP contribution in [0.25, 0.3) is 0 Å². The molecule has 0 radical (unpaired) electrons. The van der Waals surface area contributed by atoms with Gasteiger partial charge in [-0.2, -0.15) is 0 Å². The van der Waals surface area contributed by atoms with Gasteiger partial charge < -0.3 is 34.6 Å². The number of rotatable bonds is 9. The van der Waals surface area contributed by atoms with Crippen molar-refractivity contribution >= 4 is 29.7 Å². The predicted molar refractivity (Wildman–Crippen MR) is 225 cm³/mol. The minimum Gasteiger partial charge on any atom is -0.507 e. The van der Waals surface area contributed by atoms with Crippen molar-refractivity contribution in [3.05, 3.63) is 88.0 Å². The van der Waals surface area contributed by atoms with Crippen LogP contribution in [0.3, 0.4) is 0 Å². The van der Waals surface area contributed by atoms with Crippen LogP contribution >= 0.6 is 0 Å². The first-order chi connectivity index (χ1) is 28.6. The van der Waals surface area contributed by atoms with Gasteiger partial charge in [-0.3, -0.25) is 14.5 Å². The van der Waals surface area contributed by atoms with Gasteiger partial charge in [0, 0.05) is 50.9 Å². The fraction of sp³-hybridized carbons (Fsp3) is 0.532. The van der Waals surface area contributed by atoms with Crippen LogP contribution in [0.1, 0.15) is 78.3 Å². The molecule has 0 unspecified atom stereocenters. The molecule has 12 nitrogen and oxygen atoms in total. The van der Waals surface area contributed by atoms with Gasteiger partial charge in [-0.05, 0) is 155 Å². The van der Waals surface area contributed by atoms with E-state index >= 15 is 0 Å². The number of nitrogens with one attached hydrogen (secondary N) is 1. The van der Waals surface area contributed by atoms with Crippen molar-refractivity contribution < 1.29 is 33.8 Å². The second-order valence-corrected chi connectivity index (χ2v) is 17.4. The summed E-state index contributed by atoms with van der Waals surface area (Å²) >= 11 is 0. The molecule has 3 aromatic rings. The SMILES string of the molecule is Cc1cc(C[C@@H](OC(=O)N2CCC(N3CCc4ccccc4NC3=O)CC2)C(=O)N2CCC(C3CCN(CC(=O)Oc4ccc5c(c4)CCC5)CC3)CC2)cc(C)c1O. The number of aromatic hydroxyl groups is 1. The lowest BCUT2D eigenvalue weighted by Crippen LogP contribution is -2.52. The zero-order chi connectivity index (χ0) is 41.0. The van der Waals surface area contributed by atoms with Crippen LogP contribution in [-0.2, 0) is 40.0 Å². The van der Waals surface area contributed by atoms with Crippen molar-refractivity contribution in [2.24, 2.45) is 11.8 Å². The molecule has 0 spiro atoms. The number of likely N-dealkylation sites (tertiary alicyclic amines) is 3. The molecular formula is C47H59N5O7. The number of urea groups is 1. The number of anilines is 1. The zero-order valence-corrected chi connectivity index (χ0v) is 34.6. The Labute approximate surface area is 347 Å². The molecule has 8 rings (SSSR count). The minimum absolute atomic E-state index is 0.00104. The summed E-state index contributed by atoms with van der Waals surface area (Å²) in [4.78, 5) is 61.6. The molecule has 0 bridgehead atoms. The van der Waals surface area contributed by atoms with E-state index in [0.717, 1.165) is 81.3 Å². The third-order valence-corrected chi connectivity index (χ3v) is 13.6. The van der Waals surface area contributed by atoms with E-state index in [-0.39, 0.29) is 36.1 Å². The van der Waals surface area contributed by atoms with Crippen LogP contribution in [0, 0.1) is 25.7 Å². The highest BCUT2D eigenvalue weighted by atomic mass is 16.6. The van der Waals surface area contributed by atoms with Gasteiger partial charge in [0.1, 0.15) is 11.5 Å². The third-order valence-electron chi connectivity index (χ3n) is 13.6. The first-order valence-corrected chi connectivity index (χ1v) is 21.8. The van der Waals surface area contributed by atoms with Crippen LogP contribution in [0.5, 0.6) is 11.5 Å². The van der Waals surface area contributed by atoms with Gasteiger partial charge in [-0.15, -0.1) is 0 Å². The third kappa shape index (κ3) is 9.53. The highest BCUT2D eigenvalue weighted by Gasteiger charge is 2.37. The van der Waals surface area contributed by atoms with E-state index in [2.05, 4.69) is 16.3 Å². The molecule has 12 heteroatoms. The number of benzene rings is 3. The number of fused-ring (bicyclic) bond motifs is 2. The number of hydrogen-bond acceptors (Lipinski definition) is 8. The molecule has 4 aliphatic heterocycles. The summed E-state index contributed by atoms with van der Waals surface area (Å²) in [5.74, 6) is 1.49. The summed E-state index contributed by atoms with van der Waals surface area (Å²) < 4.78 is 11.8. The number of nitrogens with zero attached hydrogens (tertiary/aromatic N) is 4. The van der Waals surface area contributed by atoms with Gasteiger partial charge in [-0.1, -0.05) is 36.4 Å². The average molecular weight is 806 g/mol. The monoisotopic (exact) mass is 805 g/mol. The largest absolute Gasteiger partial charge is 0.507 e. The van der Waals surface area contributed by atoms with E-state index in [1.54, 1.807) is 4.90 Å². The summed E-state index contributed by atoms with van der Waals surface area (Å²) in [6.07, 6.45) is 7.82. The topological polar surface area (TPSA) is 132 Å². The number of phenolic OH excluding ortho intramolecular Hbond substituents is 1. The number of amides is 4. The smallest absolute Gasteiger partial charge is 0.410 e. The van der Waals surface area contributed by atoms with Crippen LogP contribution < -0.4 is 10.1 Å². The van der Waals surface area contributed by atoms with Crippen molar-refractivity contribution in [3.8, 4) is 11.5 Å². The van der Waals surface area contributed by atoms with Gasteiger partial charge in [0.25, 0.3) is 5.91 Å². The van der Waals surface area contributed by atoms with Crippen molar-refractivity contribution in [2.75, 3.05) is 57.7 Å². The number of esters is 1. The lowest BCUT2D eigenvalue weighted by molar-refractivity contribution is -0.142. The van der Waals surface area contributed by atoms with Crippen molar-refractivity contribution in [1.29, 1.82) is 0 Å². The highest BCUT2D eigenvalue weighted by Crippen LogP contribution is 2.34. The Hall–Kier alpha value is -5.10. The van der Waals surface area contributed by atoms with Crippen molar-refractivity contribution in [2.45, 2.75) is 96.6 Å². The Balaban J connectivity index is 0.832. The first-order valence-electron chi connectivity index (χ1n) is 21.8. The summed E-state index contributed by atoms with van der Waals surface area (Å²) in [5, 5.41) is 13.5. The molecule has 314 valence electrons. The molecule has 4 amide bonds. The van der Waals surface area contributed by atoms with E-state index in [4.69, 9.17) is 9.47 Å². The molecule has 59 heavy (non-hydrogen) atoms. The zero-order valence-electron chi connectivity index (χ0n) is 34.6. The van der Waals surface area contributed by atoms with E-state index in [1.165, 1.54) is 11.1 Å². The van der Waals surface area contributed by atoms with Crippen LogP contribution in [-0.4, -0.2) is 113 Å². The molecule has 1 aliphatic carbocycles. The first kappa shape index (κ1) is 40.7. The average Bonchev–Trinajstić information content (AvgIpc) is 3.64. The molecule has 4 heterocycles. The molecule has 2 N–H and O–H groups in total. The summed E-state index contributed by atoms with van der Waals surface area (Å²) in [5.41, 5.74) is 6.87. The van der Waals surface area contributed by atoms with Crippen LogP contribution in [0.15, 0.2) is 54.6 Å². The summed E-state index contributed by atoms with van der Waals surface area (Å²) in [6.45, 7) is 8.33. The van der Waals surface area contributed by atoms with E-state index in [1.807, 2.05) is 72.2 Å². The lowest BCUT2D eigenvalue weighted by atomic mass is 9.78. The maximum absolute atomic E-state index is 14.3. The minimum atomic E-state index is -1.00. The fourth-order valence-electron chi connectivity index (χ4n) is 10.2. The van der Waals surface area contributed by atoms with Gasteiger partial charge in [0.2, 0.25) is 0 Å². The van der Waals surface area contributed by atoms with E-state index < -0.39 is 12.2 Å². The molecule has 3 aromatic carbocycles. The number of carbonyl (C=O) groups is 4. The molecule has 3 fully saturated rings. The van der Waals surface area contributed by atoms with Crippen LogP contribution in [0.2, 0.25) is 0 Å². The lowest BCUT2D eigenvalue weighted by Gasteiger charge is -2.41. The summed E-state index contributed by atoms with van der Waals surface area (Å²) in [7, 11) is 0. The quantitative estimate of drug-likeness (QED) is 0.182. The Morgan fingerprint density at radius 1 is 0.763 bits per heavy atom. The predicted octanol–water partition coefficient (Wildman–Crippen LogP) is 6.66. The number of ether oxygens (including phenoxy) is 2.